The number of carboxylic acid groups (broad SMARTS) is 1. The van der Waals surface area contributed by atoms with E-state index in [1.54, 1.807) is 0 Å². The monoisotopic (exact) mass is 279 g/mol. The van der Waals surface area contributed by atoms with Crippen molar-refractivity contribution >= 4 is 17.7 Å². The highest BCUT2D eigenvalue weighted by molar-refractivity contribution is 6.30. The first-order chi connectivity index (χ1) is 9.13. The van der Waals surface area contributed by atoms with Crippen LogP contribution in [0.1, 0.15) is 19.3 Å². The molecule has 0 atom stereocenters. The van der Waals surface area contributed by atoms with Crippen LogP contribution in [0.5, 0.6) is 0 Å². The largest absolute Gasteiger partial charge is 0.465 e. The maximum Gasteiger partial charge on any atom is 0.407 e. The minimum Gasteiger partial charge on any atom is -0.465 e. The molecular weight excluding hydrogens is 262 g/mol. The lowest BCUT2D eigenvalue weighted by Crippen LogP contribution is -2.37. The quantitative estimate of drug-likeness (QED) is 0.796. The Bertz CT molecular complexity index is 420. The van der Waals surface area contributed by atoms with E-state index in [4.69, 9.17) is 23.1 Å². The summed E-state index contributed by atoms with van der Waals surface area (Å²) in [7, 11) is 0. The molecule has 0 aliphatic carbocycles. The Morgan fingerprint density at radius 1 is 1.37 bits per heavy atom. The Kier molecular flexibility index (Phi) is 6.84. The van der Waals surface area contributed by atoms with Crippen LogP contribution in [0.15, 0.2) is 30.3 Å². The maximum absolute atomic E-state index is 10.5. The summed E-state index contributed by atoms with van der Waals surface area (Å²) in [6.45, 7) is 1.28. The van der Waals surface area contributed by atoms with E-state index in [0.717, 1.165) is 24.3 Å². The molecule has 1 amide bonds. The minimum atomic E-state index is -0.811. The molecule has 1 aromatic carbocycles. The Morgan fingerprint density at radius 2 is 1.95 bits per heavy atom. The third-order valence-corrected chi connectivity index (χ3v) is 3.28. The molecule has 1 fully saturated rings. The molecule has 0 spiro atoms. The first-order valence-electron chi connectivity index (χ1n) is 6.25. The molecule has 1 aliphatic rings. The van der Waals surface area contributed by atoms with E-state index in [9.17, 15) is 4.79 Å². The summed E-state index contributed by atoms with van der Waals surface area (Å²) in [4.78, 5) is 12.0. The van der Waals surface area contributed by atoms with E-state index in [1.165, 1.54) is 4.90 Å². The van der Waals surface area contributed by atoms with Gasteiger partial charge in [0.05, 0.1) is 0 Å². The number of carbonyl (C=O) groups is 1. The molecule has 0 saturated carbocycles. The van der Waals surface area contributed by atoms with Gasteiger partial charge in [0.2, 0.25) is 0 Å². The first-order valence-corrected chi connectivity index (χ1v) is 6.63. The van der Waals surface area contributed by atoms with Gasteiger partial charge in [0, 0.05) is 24.5 Å². The smallest absolute Gasteiger partial charge is 0.407 e. The molecule has 102 valence electrons. The fourth-order valence-electron chi connectivity index (χ4n) is 1.91. The number of halogens is 1. The van der Waals surface area contributed by atoms with Crippen molar-refractivity contribution < 1.29 is 9.90 Å². The lowest BCUT2D eigenvalue weighted by Gasteiger charge is -2.28. The average Bonchev–Trinajstić information content (AvgIpc) is 2.41. The summed E-state index contributed by atoms with van der Waals surface area (Å²) in [5.74, 6) is 3.15. The summed E-state index contributed by atoms with van der Waals surface area (Å²) >= 11 is 5.54. The highest BCUT2D eigenvalue weighted by Crippen LogP contribution is 2.19. The molecule has 1 N–H and O–H groups in total. The van der Waals surface area contributed by atoms with Crippen molar-refractivity contribution in [3.05, 3.63) is 35.4 Å². The lowest BCUT2D eigenvalue weighted by molar-refractivity contribution is 0.125. The van der Waals surface area contributed by atoms with Gasteiger partial charge in [0.15, 0.2) is 0 Å². The van der Waals surface area contributed by atoms with Crippen molar-refractivity contribution in [2.45, 2.75) is 19.3 Å². The lowest BCUT2D eigenvalue weighted by atomic mass is 9.94. The van der Waals surface area contributed by atoms with E-state index in [1.807, 2.05) is 30.3 Å². The van der Waals surface area contributed by atoms with Crippen LogP contribution >= 0.6 is 11.6 Å². The molecule has 3 nitrogen and oxygen atoms in total. The molecule has 0 radical (unpaired) electrons. The number of amides is 1. The van der Waals surface area contributed by atoms with Crippen molar-refractivity contribution in [2.75, 3.05) is 13.1 Å². The molecule has 0 bridgehead atoms. The Hall–Kier alpha value is -1.66. The summed E-state index contributed by atoms with van der Waals surface area (Å²) in [5, 5.41) is 9.43. The topological polar surface area (TPSA) is 40.5 Å². The van der Waals surface area contributed by atoms with E-state index in [2.05, 4.69) is 5.92 Å². The molecule has 0 aromatic heterocycles. The zero-order chi connectivity index (χ0) is 14.1. The first kappa shape index (κ1) is 15.4. The van der Waals surface area contributed by atoms with Crippen LogP contribution in [0.2, 0.25) is 5.02 Å². The van der Waals surface area contributed by atoms with Crippen LogP contribution in [0.3, 0.4) is 0 Å². The third kappa shape index (κ3) is 6.17. The van der Waals surface area contributed by atoms with Crippen molar-refractivity contribution in [3.63, 3.8) is 0 Å². The van der Waals surface area contributed by atoms with Gasteiger partial charge in [0.25, 0.3) is 0 Å². The van der Waals surface area contributed by atoms with Gasteiger partial charge in [-0.15, -0.1) is 12.3 Å². The number of rotatable bonds is 1. The highest BCUT2D eigenvalue weighted by atomic mass is 35.5. The molecule has 1 saturated heterocycles. The fourth-order valence-corrected chi connectivity index (χ4v) is 2.06. The SMILES string of the molecule is C#CCC1CCN(C(=O)O)CC1.Clc1ccccc1. The van der Waals surface area contributed by atoms with Crippen molar-refractivity contribution in [2.24, 2.45) is 5.92 Å². The number of hydrogen-bond acceptors (Lipinski definition) is 1. The van der Waals surface area contributed by atoms with Crippen LogP contribution in [0.4, 0.5) is 4.79 Å². The summed E-state index contributed by atoms with van der Waals surface area (Å²) in [5.41, 5.74) is 0. The van der Waals surface area contributed by atoms with E-state index in [0.29, 0.717) is 19.0 Å². The number of terminal acetylenes is 1. The molecule has 1 aliphatic heterocycles. The number of benzene rings is 1. The summed E-state index contributed by atoms with van der Waals surface area (Å²) < 4.78 is 0. The van der Waals surface area contributed by atoms with Crippen molar-refractivity contribution in [1.82, 2.24) is 4.90 Å². The van der Waals surface area contributed by atoms with Gasteiger partial charge in [-0.3, -0.25) is 0 Å². The second kappa shape index (κ2) is 8.44. The van der Waals surface area contributed by atoms with Crippen molar-refractivity contribution in [3.8, 4) is 12.3 Å². The van der Waals surface area contributed by atoms with Crippen LogP contribution in [0, 0.1) is 18.3 Å². The van der Waals surface area contributed by atoms with Gasteiger partial charge < -0.3 is 10.0 Å². The average molecular weight is 280 g/mol. The van der Waals surface area contributed by atoms with Gasteiger partial charge in [-0.2, -0.15) is 0 Å². The zero-order valence-corrected chi connectivity index (χ0v) is 11.5. The number of piperidine rings is 1. The second-order valence-electron chi connectivity index (χ2n) is 4.42. The minimum absolute atomic E-state index is 0.533. The van der Waals surface area contributed by atoms with E-state index < -0.39 is 6.09 Å². The van der Waals surface area contributed by atoms with E-state index >= 15 is 0 Å². The zero-order valence-electron chi connectivity index (χ0n) is 10.8. The third-order valence-electron chi connectivity index (χ3n) is 3.02. The van der Waals surface area contributed by atoms with Crippen LogP contribution in [0.25, 0.3) is 0 Å². The molecule has 0 unspecified atom stereocenters. The molecule has 2 rings (SSSR count). The fraction of sp³-hybridized carbons (Fsp3) is 0.400. The molecular formula is C15H18ClNO2. The molecule has 1 aromatic rings. The molecule has 1 heterocycles. The van der Waals surface area contributed by atoms with Gasteiger partial charge in [-0.25, -0.2) is 4.79 Å². The van der Waals surface area contributed by atoms with Gasteiger partial charge in [0.1, 0.15) is 0 Å². The Balaban J connectivity index is 0.000000218. The normalized spacial score (nSPS) is 15.1. The molecule has 19 heavy (non-hydrogen) atoms. The van der Waals surface area contributed by atoms with E-state index in [-0.39, 0.29) is 0 Å². The van der Waals surface area contributed by atoms with Crippen LogP contribution in [-0.2, 0) is 0 Å². The predicted octanol–water partition coefficient (Wildman–Crippen LogP) is 3.74. The highest BCUT2D eigenvalue weighted by Gasteiger charge is 2.21. The number of hydrogen-bond donors (Lipinski definition) is 1. The Labute approximate surface area is 119 Å². The standard InChI is InChI=1S/C9H13NO2.C6H5Cl/c1-2-3-8-4-6-10(7-5-8)9(11)12;7-6-4-2-1-3-5-6/h1,8H,3-7H2,(H,11,12);1-5H. The van der Waals surface area contributed by atoms with Crippen LogP contribution < -0.4 is 0 Å². The van der Waals surface area contributed by atoms with Crippen molar-refractivity contribution in [1.29, 1.82) is 0 Å². The molecule has 4 heteroatoms. The van der Waals surface area contributed by atoms with Gasteiger partial charge in [-0.05, 0) is 30.9 Å². The number of likely N-dealkylation sites (tertiary alicyclic amines) is 1. The Morgan fingerprint density at radius 3 is 2.32 bits per heavy atom. The number of nitrogens with zero attached hydrogens (tertiary/aromatic N) is 1. The van der Waals surface area contributed by atoms with Gasteiger partial charge >= 0.3 is 6.09 Å². The van der Waals surface area contributed by atoms with Gasteiger partial charge in [-0.1, -0.05) is 29.8 Å². The maximum atomic E-state index is 10.5. The summed E-state index contributed by atoms with van der Waals surface area (Å²) in [6.07, 6.45) is 6.97. The van der Waals surface area contributed by atoms with Crippen LogP contribution in [-0.4, -0.2) is 29.2 Å². The second-order valence-corrected chi connectivity index (χ2v) is 4.85. The predicted molar refractivity (Wildman–Crippen MR) is 77.2 cm³/mol. The summed E-state index contributed by atoms with van der Waals surface area (Å²) in [6, 6.07) is 9.44.